The van der Waals surface area contributed by atoms with Gasteiger partial charge in [0.2, 0.25) is 41.4 Å². The number of carbonyl (C=O) groups excluding carboxylic acids is 8. The molecule has 2 aromatic heterocycles. The maximum Gasteiger partial charge on any atom is 0.320 e. The number of fused-ring (bicyclic) bond motifs is 1. The van der Waals surface area contributed by atoms with Crippen molar-refractivity contribution in [3.63, 3.8) is 0 Å². The van der Waals surface area contributed by atoms with E-state index in [4.69, 9.17) is 17.2 Å². The van der Waals surface area contributed by atoms with Crippen molar-refractivity contribution < 1.29 is 48.3 Å². The van der Waals surface area contributed by atoms with Crippen LogP contribution in [0.1, 0.15) is 75.1 Å². The summed E-state index contributed by atoms with van der Waals surface area (Å²) in [6, 6.07) is 6.62. The Kier molecular flexibility index (Phi) is 23.0. The maximum absolute atomic E-state index is 14.7. The van der Waals surface area contributed by atoms with Gasteiger partial charge in [0.1, 0.15) is 36.3 Å². The summed E-state index contributed by atoms with van der Waals surface area (Å²) >= 11 is 0. The van der Waals surface area contributed by atoms with Gasteiger partial charge in [0, 0.05) is 81.0 Å². The van der Waals surface area contributed by atoms with E-state index in [2.05, 4.69) is 67.8 Å². The van der Waals surface area contributed by atoms with Crippen molar-refractivity contribution in [3.8, 4) is 0 Å². The highest BCUT2D eigenvalue weighted by Crippen LogP contribution is 2.20. The summed E-state index contributed by atoms with van der Waals surface area (Å²) in [4.78, 5) is 136. The van der Waals surface area contributed by atoms with Crippen LogP contribution < -0.4 is 65.1 Å². The van der Waals surface area contributed by atoms with Gasteiger partial charge in [0.05, 0.1) is 12.7 Å². The van der Waals surface area contributed by atoms with E-state index in [-0.39, 0.29) is 83.5 Å². The minimum atomic E-state index is -1.63. The highest BCUT2D eigenvalue weighted by atomic mass is 16.4. The smallest absolute Gasteiger partial charge is 0.320 e. The minimum absolute atomic E-state index is 0.0216. The number of primary amides is 1. The van der Waals surface area contributed by atoms with E-state index < -0.39 is 102 Å². The third-order valence-electron chi connectivity index (χ3n) is 12.4. The topological polar surface area (TPSA) is 417 Å². The zero-order valence-electron chi connectivity index (χ0n) is 42.3. The lowest BCUT2D eigenvalue weighted by Crippen LogP contribution is -2.60. The Hall–Kier alpha value is -8.55. The monoisotopic (exact) mass is 1050 g/mol. The summed E-state index contributed by atoms with van der Waals surface area (Å²) in [5, 5.41) is 35.8. The Morgan fingerprint density at radius 1 is 0.816 bits per heavy atom. The van der Waals surface area contributed by atoms with Gasteiger partial charge in [0.15, 0.2) is 5.96 Å². The maximum atomic E-state index is 14.7. The number of hydrogen-bond donors (Lipinski definition) is 15. The van der Waals surface area contributed by atoms with Crippen LogP contribution in [0.5, 0.6) is 0 Å². The summed E-state index contributed by atoms with van der Waals surface area (Å²) in [6.07, 6.45) is 4.99. The number of aromatic amines is 2. The summed E-state index contributed by atoms with van der Waals surface area (Å²) in [6.45, 7) is 1.38. The van der Waals surface area contributed by atoms with Crippen LogP contribution >= 0.6 is 0 Å². The van der Waals surface area contributed by atoms with Crippen molar-refractivity contribution in [3.05, 3.63) is 90.1 Å². The van der Waals surface area contributed by atoms with Gasteiger partial charge in [0.25, 0.3) is 0 Å². The molecule has 0 spiro atoms. The van der Waals surface area contributed by atoms with Crippen LogP contribution in [0.3, 0.4) is 0 Å². The molecule has 410 valence electrons. The van der Waals surface area contributed by atoms with Gasteiger partial charge in [-0.2, -0.15) is 0 Å². The van der Waals surface area contributed by atoms with Gasteiger partial charge < -0.3 is 80.1 Å². The van der Waals surface area contributed by atoms with Crippen LogP contribution in [0.4, 0.5) is 4.79 Å². The fraction of sp³-hybridized carbons (Fsp3) is 0.460. The first-order chi connectivity index (χ1) is 36.4. The Balaban J connectivity index is 1.52. The number of benzene rings is 2. The molecule has 0 radical (unpaired) electrons. The van der Waals surface area contributed by atoms with E-state index in [1.807, 2.05) is 24.3 Å². The molecule has 26 nitrogen and oxygen atoms in total. The number of H-pyrrole nitrogens is 2. The zero-order chi connectivity index (χ0) is 55.0. The molecule has 4 aromatic rings. The fourth-order valence-electron chi connectivity index (χ4n) is 8.59. The molecule has 3 heterocycles. The number of carbonyl (C=O) groups is 9. The molecule has 9 amide bonds. The number of nitrogens with zero attached hydrogens (tertiary/aromatic N) is 2. The van der Waals surface area contributed by atoms with E-state index in [1.165, 1.54) is 19.4 Å². The molecule has 7 atom stereocenters. The molecule has 1 aliphatic heterocycles. The second kappa shape index (κ2) is 30.0. The summed E-state index contributed by atoms with van der Waals surface area (Å²) in [5.74, 6) is -6.70. The largest absolute Gasteiger partial charge is 0.480 e. The normalized spacial score (nSPS) is 21.0. The number of rotatable bonds is 18. The number of hydrogen-bond acceptors (Lipinski definition) is 12. The first-order valence-electron chi connectivity index (χ1n) is 25.1. The SMILES string of the molecule is CC(=O)NC(CCCN=C(N)N)C(=O)NC1CC(=O)NCCCCC(C(=O)O)NCC(Cc2c[nH]c3ccccc23)NC(=O)C(CCCNC(N)=O)NC(=O)C(Cc2ccccc2)NC(=O)C(Cc2cnc[nH]2)NC1=O. The molecule has 7 unspecified atom stereocenters. The number of nitrogens with two attached hydrogens (primary N) is 3. The molecule has 0 aliphatic carbocycles. The Labute approximate surface area is 438 Å². The number of nitrogens with one attached hydrogen (secondary N) is 11. The molecule has 1 saturated heterocycles. The van der Waals surface area contributed by atoms with E-state index >= 15 is 0 Å². The number of para-hydroxylation sites is 1. The number of urea groups is 1. The highest BCUT2D eigenvalue weighted by molar-refractivity contribution is 5.98. The quantitative estimate of drug-likeness (QED) is 0.0294. The third kappa shape index (κ3) is 19.7. The van der Waals surface area contributed by atoms with Crippen molar-refractivity contribution in [1.82, 2.24) is 62.8 Å². The van der Waals surface area contributed by atoms with E-state index in [0.717, 1.165) is 16.5 Å². The third-order valence-corrected chi connectivity index (χ3v) is 12.4. The molecule has 1 aliphatic rings. The minimum Gasteiger partial charge on any atom is -0.480 e. The van der Waals surface area contributed by atoms with Crippen molar-refractivity contribution in [2.75, 3.05) is 26.2 Å². The second-order valence-corrected chi connectivity index (χ2v) is 18.5. The Morgan fingerprint density at radius 3 is 2.21 bits per heavy atom. The zero-order valence-corrected chi connectivity index (χ0v) is 42.3. The molecular weight excluding hydrogens is 985 g/mol. The van der Waals surface area contributed by atoms with Crippen LogP contribution in [-0.2, 0) is 57.6 Å². The van der Waals surface area contributed by atoms with Crippen molar-refractivity contribution >= 4 is 70.2 Å². The number of amides is 9. The number of carboxylic acids is 1. The van der Waals surface area contributed by atoms with E-state index in [0.29, 0.717) is 24.1 Å². The van der Waals surface area contributed by atoms with Crippen LogP contribution in [-0.4, -0.2) is 148 Å². The van der Waals surface area contributed by atoms with Gasteiger partial charge in [-0.15, -0.1) is 0 Å². The van der Waals surface area contributed by atoms with Crippen LogP contribution in [0.25, 0.3) is 10.9 Å². The molecule has 5 rings (SSSR count). The Bertz CT molecular complexity index is 2620. The average Bonchev–Trinajstić information content (AvgIpc) is 4.05. The molecule has 76 heavy (non-hydrogen) atoms. The van der Waals surface area contributed by atoms with Gasteiger partial charge in [-0.1, -0.05) is 48.5 Å². The molecule has 0 bridgehead atoms. The predicted molar refractivity (Wildman–Crippen MR) is 279 cm³/mol. The molecule has 18 N–H and O–H groups in total. The molecule has 26 heteroatoms. The first-order valence-corrected chi connectivity index (χ1v) is 25.1. The van der Waals surface area contributed by atoms with Crippen molar-refractivity contribution in [2.24, 2.45) is 22.2 Å². The van der Waals surface area contributed by atoms with Gasteiger partial charge >= 0.3 is 12.0 Å². The average molecular weight is 1060 g/mol. The number of guanidine groups is 1. The highest BCUT2D eigenvalue weighted by Gasteiger charge is 2.35. The van der Waals surface area contributed by atoms with Crippen LogP contribution in [0.2, 0.25) is 0 Å². The molecule has 1 fully saturated rings. The standard InChI is InChI=1S/C50H70N16O10/c1-29(67)61-36(16-9-19-56-49(51)52)44(70)66-41-24-42(68)55-18-8-7-15-38(48(74)75)59-27-33(22-31-25-58-35-14-6-5-13-34(31)35)62-43(69)37(17-10-20-57-50(53)76)63-45(71)39(21-30-11-3-2-4-12-30)64-46(72)40(65-47(41)73)23-32-26-54-28-60-32/h2-6,11-14,25-26,28,33,36-41,58-59H,7-10,15-24,27H2,1H3,(H,54,60)(H,55,68)(H,61,67)(H,62,69)(H,63,71)(H,64,72)(H,65,73)(H,66,70)(H,74,75)(H4,51,52,56)(H3,53,57,76). The Morgan fingerprint density at radius 2 is 1.51 bits per heavy atom. The fourth-order valence-corrected chi connectivity index (χ4v) is 8.59. The first kappa shape index (κ1) is 58.3. The van der Waals surface area contributed by atoms with Gasteiger partial charge in [-0.3, -0.25) is 43.3 Å². The predicted octanol–water partition coefficient (Wildman–Crippen LogP) is -1.92. The number of aliphatic carboxylic acids is 1. The van der Waals surface area contributed by atoms with E-state index in [9.17, 15) is 48.3 Å². The number of imidazole rings is 1. The number of aliphatic imine (C=N–C) groups is 1. The van der Waals surface area contributed by atoms with Crippen molar-refractivity contribution in [1.29, 1.82) is 0 Å². The van der Waals surface area contributed by atoms with Crippen molar-refractivity contribution in [2.45, 2.75) is 120 Å². The summed E-state index contributed by atoms with van der Waals surface area (Å²) in [5.41, 5.74) is 18.9. The lowest BCUT2D eigenvalue weighted by atomic mass is 10.0. The van der Waals surface area contributed by atoms with Gasteiger partial charge in [-0.25, -0.2) is 9.78 Å². The lowest BCUT2D eigenvalue weighted by molar-refractivity contribution is -0.139. The molecule has 0 saturated carbocycles. The summed E-state index contributed by atoms with van der Waals surface area (Å²) in [7, 11) is 0. The second-order valence-electron chi connectivity index (χ2n) is 18.5. The molecular formula is C50H70N16O10. The van der Waals surface area contributed by atoms with E-state index in [1.54, 1.807) is 36.5 Å². The number of aromatic nitrogens is 3. The lowest BCUT2D eigenvalue weighted by Gasteiger charge is -2.28. The summed E-state index contributed by atoms with van der Waals surface area (Å²) < 4.78 is 0. The molecule has 2 aromatic carbocycles. The van der Waals surface area contributed by atoms with Crippen LogP contribution in [0, 0.1) is 0 Å². The number of carboxylic acid groups (broad SMARTS) is 1. The van der Waals surface area contributed by atoms with Crippen LogP contribution in [0.15, 0.2) is 78.3 Å². The van der Waals surface area contributed by atoms with Gasteiger partial charge in [-0.05, 0) is 68.6 Å².